The van der Waals surface area contributed by atoms with Crippen molar-refractivity contribution >= 4 is 38.6 Å². The lowest BCUT2D eigenvalue weighted by atomic mass is 10.1. The van der Waals surface area contributed by atoms with E-state index in [1.54, 1.807) is 16.7 Å². The number of aromatic nitrogens is 1. The van der Waals surface area contributed by atoms with Crippen molar-refractivity contribution in [1.82, 2.24) is 14.6 Å². The van der Waals surface area contributed by atoms with Gasteiger partial charge in [-0.25, -0.2) is 17.7 Å². The number of sulfonamides is 1. The van der Waals surface area contributed by atoms with Gasteiger partial charge in [0.15, 0.2) is 0 Å². The molecule has 25 heavy (non-hydrogen) atoms. The molecule has 1 aliphatic rings. The standard InChI is InChI=1S/C16H21N3O3S3/c1-2-10-25(21,22)19-7-5-12(6-8-19)17-15(20)13-11-24-16(18-13)14-4-3-9-23-14/h3-4,9,11-12H,2,5-8,10H2,1H3,(H,17,20). The third-order valence-corrected chi connectivity index (χ3v) is 8.07. The van der Waals surface area contributed by atoms with Crippen LogP contribution in [-0.2, 0) is 10.0 Å². The molecule has 0 unspecified atom stereocenters. The number of rotatable bonds is 6. The summed E-state index contributed by atoms with van der Waals surface area (Å²) in [6.07, 6.45) is 1.89. The third kappa shape index (κ3) is 4.46. The average Bonchev–Trinajstić information content (AvgIpc) is 3.27. The van der Waals surface area contributed by atoms with Crippen LogP contribution in [0.2, 0.25) is 0 Å². The number of nitrogens with zero attached hydrogens (tertiary/aromatic N) is 2. The Bertz CT molecular complexity index is 807. The van der Waals surface area contributed by atoms with Gasteiger partial charge in [0, 0.05) is 24.5 Å². The summed E-state index contributed by atoms with van der Waals surface area (Å²) in [6.45, 7) is 2.79. The van der Waals surface area contributed by atoms with Gasteiger partial charge in [-0.05, 0) is 30.7 Å². The fourth-order valence-electron chi connectivity index (χ4n) is 2.82. The zero-order chi connectivity index (χ0) is 17.9. The van der Waals surface area contributed by atoms with Crippen LogP contribution in [0.3, 0.4) is 0 Å². The first-order valence-corrected chi connectivity index (χ1v) is 11.6. The van der Waals surface area contributed by atoms with Gasteiger partial charge in [-0.15, -0.1) is 22.7 Å². The molecule has 3 rings (SSSR count). The fourth-order valence-corrected chi connectivity index (χ4v) is 5.97. The molecule has 2 aromatic rings. The minimum atomic E-state index is -3.15. The van der Waals surface area contributed by atoms with Crippen molar-refractivity contribution in [3.05, 3.63) is 28.6 Å². The van der Waals surface area contributed by atoms with Crippen LogP contribution < -0.4 is 5.32 Å². The minimum Gasteiger partial charge on any atom is -0.348 e. The molecule has 136 valence electrons. The van der Waals surface area contributed by atoms with Crippen LogP contribution in [0.1, 0.15) is 36.7 Å². The van der Waals surface area contributed by atoms with E-state index in [0.29, 0.717) is 38.0 Å². The summed E-state index contributed by atoms with van der Waals surface area (Å²) in [5.74, 6) is 0.00265. The summed E-state index contributed by atoms with van der Waals surface area (Å²) in [6, 6.07) is 3.94. The summed E-state index contributed by atoms with van der Waals surface area (Å²) >= 11 is 3.05. The number of thiazole rings is 1. The predicted octanol–water partition coefficient (Wildman–Crippen LogP) is 2.81. The molecule has 3 heterocycles. The van der Waals surface area contributed by atoms with Crippen molar-refractivity contribution in [2.45, 2.75) is 32.2 Å². The molecule has 0 atom stereocenters. The van der Waals surface area contributed by atoms with E-state index in [4.69, 9.17) is 0 Å². The van der Waals surface area contributed by atoms with Gasteiger partial charge < -0.3 is 5.32 Å². The molecule has 9 heteroatoms. The second kappa shape index (κ2) is 7.94. The SMILES string of the molecule is CCCS(=O)(=O)N1CCC(NC(=O)c2csc(-c3cccs3)n2)CC1. The monoisotopic (exact) mass is 399 g/mol. The molecule has 6 nitrogen and oxygen atoms in total. The summed E-state index contributed by atoms with van der Waals surface area (Å²) in [4.78, 5) is 17.8. The molecular formula is C16H21N3O3S3. The van der Waals surface area contributed by atoms with Crippen LogP contribution in [0.5, 0.6) is 0 Å². The van der Waals surface area contributed by atoms with E-state index in [9.17, 15) is 13.2 Å². The highest BCUT2D eigenvalue weighted by Gasteiger charge is 2.28. The normalized spacial score (nSPS) is 16.8. The van der Waals surface area contributed by atoms with Crippen molar-refractivity contribution in [3.8, 4) is 9.88 Å². The topological polar surface area (TPSA) is 79.4 Å². The van der Waals surface area contributed by atoms with Crippen molar-refractivity contribution in [2.75, 3.05) is 18.8 Å². The molecule has 0 saturated carbocycles. The van der Waals surface area contributed by atoms with Crippen molar-refractivity contribution < 1.29 is 13.2 Å². The lowest BCUT2D eigenvalue weighted by Crippen LogP contribution is -2.47. The number of carbonyl (C=O) groups is 1. The van der Waals surface area contributed by atoms with Crippen LogP contribution in [-0.4, -0.2) is 48.5 Å². The maximum Gasteiger partial charge on any atom is 0.270 e. The van der Waals surface area contributed by atoms with Gasteiger partial charge in [0.2, 0.25) is 10.0 Å². The Labute approximate surface area is 155 Å². The number of piperidine rings is 1. The van der Waals surface area contributed by atoms with E-state index in [1.165, 1.54) is 15.6 Å². The zero-order valence-electron chi connectivity index (χ0n) is 14.0. The number of hydrogen-bond donors (Lipinski definition) is 1. The van der Waals surface area contributed by atoms with Gasteiger partial charge in [0.25, 0.3) is 5.91 Å². The first kappa shape index (κ1) is 18.5. The Morgan fingerprint density at radius 2 is 2.12 bits per heavy atom. The highest BCUT2D eigenvalue weighted by Crippen LogP contribution is 2.27. The smallest absolute Gasteiger partial charge is 0.270 e. The van der Waals surface area contributed by atoms with Crippen LogP contribution >= 0.6 is 22.7 Å². The maximum atomic E-state index is 12.4. The third-order valence-electron chi connectivity index (χ3n) is 4.11. The second-order valence-electron chi connectivity index (χ2n) is 5.98. The molecular weight excluding hydrogens is 378 g/mol. The number of nitrogens with one attached hydrogen (secondary N) is 1. The van der Waals surface area contributed by atoms with E-state index >= 15 is 0 Å². The first-order chi connectivity index (χ1) is 12.0. The number of carbonyl (C=O) groups excluding carboxylic acids is 1. The Morgan fingerprint density at radius 1 is 1.36 bits per heavy atom. The highest BCUT2D eigenvalue weighted by atomic mass is 32.2. The number of thiophene rings is 1. The highest BCUT2D eigenvalue weighted by molar-refractivity contribution is 7.89. The van der Waals surface area contributed by atoms with Gasteiger partial charge in [-0.2, -0.15) is 0 Å². The Kier molecular flexibility index (Phi) is 5.88. The number of amides is 1. The van der Waals surface area contributed by atoms with Gasteiger partial charge in [-0.3, -0.25) is 4.79 Å². The van der Waals surface area contributed by atoms with E-state index in [-0.39, 0.29) is 17.7 Å². The fraction of sp³-hybridized carbons (Fsp3) is 0.500. The minimum absolute atomic E-state index is 0.00698. The molecule has 1 N–H and O–H groups in total. The lowest BCUT2D eigenvalue weighted by Gasteiger charge is -2.31. The molecule has 1 saturated heterocycles. The Morgan fingerprint density at radius 3 is 2.76 bits per heavy atom. The molecule has 0 spiro atoms. The van der Waals surface area contributed by atoms with Gasteiger partial charge in [0.1, 0.15) is 10.7 Å². The quantitative estimate of drug-likeness (QED) is 0.810. The van der Waals surface area contributed by atoms with E-state index in [2.05, 4.69) is 10.3 Å². The molecule has 0 radical (unpaired) electrons. The molecule has 1 amide bonds. The van der Waals surface area contributed by atoms with Crippen LogP contribution in [0.4, 0.5) is 0 Å². The summed E-state index contributed by atoms with van der Waals surface area (Å²) < 4.78 is 25.7. The van der Waals surface area contributed by atoms with Crippen LogP contribution in [0.15, 0.2) is 22.9 Å². The average molecular weight is 400 g/mol. The van der Waals surface area contributed by atoms with E-state index in [1.807, 2.05) is 24.4 Å². The molecule has 1 fully saturated rings. The van der Waals surface area contributed by atoms with Crippen molar-refractivity contribution in [2.24, 2.45) is 0 Å². The predicted molar refractivity (Wildman–Crippen MR) is 102 cm³/mol. The first-order valence-electron chi connectivity index (χ1n) is 8.27. The number of hydrogen-bond acceptors (Lipinski definition) is 6. The molecule has 2 aromatic heterocycles. The van der Waals surface area contributed by atoms with E-state index in [0.717, 1.165) is 9.88 Å². The van der Waals surface area contributed by atoms with Crippen LogP contribution in [0, 0.1) is 0 Å². The molecule has 0 aromatic carbocycles. The lowest BCUT2D eigenvalue weighted by molar-refractivity contribution is 0.0919. The maximum absolute atomic E-state index is 12.4. The Balaban J connectivity index is 1.55. The molecule has 0 aliphatic carbocycles. The van der Waals surface area contributed by atoms with E-state index < -0.39 is 10.0 Å². The second-order valence-corrected chi connectivity index (χ2v) is 9.87. The van der Waals surface area contributed by atoms with Crippen LogP contribution in [0.25, 0.3) is 9.88 Å². The summed E-state index contributed by atoms with van der Waals surface area (Å²) in [5.41, 5.74) is 0.425. The van der Waals surface area contributed by atoms with Crippen molar-refractivity contribution in [3.63, 3.8) is 0 Å². The molecule has 0 bridgehead atoms. The summed E-state index contributed by atoms with van der Waals surface area (Å²) in [7, 11) is -3.15. The van der Waals surface area contributed by atoms with Gasteiger partial charge >= 0.3 is 0 Å². The van der Waals surface area contributed by atoms with Gasteiger partial charge in [0.05, 0.1) is 10.6 Å². The summed E-state index contributed by atoms with van der Waals surface area (Å²) in [5, 5.41) is 7.58. The molecule has 1 aliphatic heterocycles. The largest absolute Gasteiger partial charge is 0.348 e. The Hall–Kier alpha value is -1.29. The van der Waals surface area contributed by atoms with Gasteiger partial charge in [-0.1, -0.05) is 13.0 Å². The van der Waals surface area contributed by atoms with Crippen molar-refractivity contribution in [1.29, 1.82) is 0 Å². The zero-order valence-corrected chi connectivity index (χ0v) is 16.4.